The molecular formula is C13H16N2O4. The van der Waals surface area contributed by atoms with Crippen molar-refractivity contribution in [2.24, 2.45) is 5.73 Å². The Balaban J connectivity index is 2.03. The zero-order valence-electron chi connectivity index (χ0n) is 10.6. The van der Waals surface area contributed by atoms with Gasteiger partial charge in [0.1, 0.15) is 11.5 Å². The van der Waals surface area contributed by atoms with Gasteiger partial charge >= 0.3 is 0 Å². The van der Waals surface area contributed by atoms with Crippen molar-refractivity contribution in [3.8, 4) is 11.5 Å². The minimum absolute atomic E-state index is 0.149. The SMILES string of the molecule is COc1ccc(C(N)=O)c(OCC(=O)NC2CC2)c1. The first-order valence-corrected chi connectivity index (χ1v) is 6.00. The highest BCUT2D eigenvalue weighted by atomic mass is 16.5. The zero-order valence-corrected chi connectivity index (χ0v) is 10.6. The van der Waals surface area contributed by atoms with E-state index < -0.39 is 5.91 Å². The second-order valence-electron chi connectivity index (χ2n) is 4.36. The molecule has 0 heterocycles. The summed E-state index contributed by atoms with van der Waals surface area (Å²) in [6.07, 6.45) is 2.02. The summed E-state index contributed by atoms with van der Waals surface area (Å²) in [5.41, 5.74) is 5.47. The van der Waals surface area contributed by atoms with Crippen molar-refractivity contribution in [1.29, 1.82) is 0 Å². The molecule has 102 valence electrons. The van der Waals surface area contributed by atoms with E-state index in [9.17, 15) is 9.59 Å². The maximum Gasteiger partial charge on any atom is 0.258 e. The minimum atomic E-state index is -0.611. The maximum absolute atomic E-state index is 11.5. The average Bonchev–Trinajstić information content (AvgIpc) is 3.19. The maximum atomic E-state index is 11.5. The summed E-state index contributed by atoms with van der Waals surface area (Å²) in [5.74, 6) is -0.0404. The lowest BCUT2D eigenvalue weighted by Gasteiger charge is -2.11. The van der Waals surface area contributed by atoms with E-state index in [-0.39, 0.29) is 29.9 Å². The predicted octanol–water partition coefficient (Wildman–Crippen LogP) is 0.451. The molecule has 1 fully saturated rings. The number of primary amides is 1. The normalized spacial score (nSPS) is 13.7. The first kappa shape index (κ1) is 13.2. The van der Waals surface area contributed by atoms with Crippen LogP contribution in [0.25, 0.3) is 0 Å². The number of ether oxygens (including phenoxy) is 2. The molecule has 0 atom stereocenters. The number of rotatable bonds is 6. The fraction of sp³-hybridized carbons (Fsp3) is 0.385. The summed E-state index contributed by atoms with van der Waals surface area (Å²) in [5, 5.41) is 2.79. The summed E-state index contributed by atoms with van der Waals surface area (Å²) >= 11 is 0. The Morgan fingerprint density at radius 3 is 2.74 bits per heavy atom. The van der Waals surface area contributed by atoms with Gasteiger partial charge in [0.25, 0.3) is 11.8 Å². The zero-order chi connectivity index (χ0) is 13.8. The van der Waals surface area contributed by atoms with Gasteiger partial charge in [0.05, 0.1) is 12.7 Å². The van der Waals surface area contributed by atoms with Crippen LogP contribution < -0.4 is 20.5 Å². The molecule has 0 aliphatic heterocycles. The quantitative estimate of drug-likeness (QED) is 0.780. The van der Waals surface area contributed by atoms with Crippen molar-refractivity contribution in [3.63, 3.8) is 0 Å². The van der Waals surface area contributed by atoms with E-state index in [0.717, 1.165) is 12.8 Å². The van der Waals surface area contributed by atoms with E-state index in [0.29, 0.717) is 5.75 Å². The average molecular weight is 264 g/mol. The van der Waals surface area contributed by atoms with Gasteiger partial charge in [-0.3, -0.25) is 9.59 Å². The third-order valence-corrected chi connectivity index (χ3v) is 2.76. The van der Waals surface area contributed by atoms with Crippen LogP contribution in [-0.2, 0) is 4.79 Å². The topological polar surface area (TPSA) is 90.7 Å². The van der Waals surface area contributed by atoms with Crippen molar-refractivity contribution in [2.45, 2.75) is 18.9 Å². The summed E-state index contributed by atoms with van der Waals surface area (Å²) in [7, 11) is 1.50. The number of carbonyl (C=O) groups excluding carboxylic acids is 2. The molecule has 3 N–H and O–H groups in total. The fourth-order valence-corrected chi connectivity index (χ4v) is 1.59. The summed E-state index contributed by atoms with van der Waals surface area (Å²) in [6.45, 7) is -0.149. The Bertz CT molecular complexity index is 497. The molecule has 19 heavy (non-hydrogen) atoms. The molecule has 0 saturated heterocycles. The second kappa shape index (κ2) is 5.60. The van der Waals surface area contributed by atoms with E-state index in [4.69, 9.17) is 15.2 Å². The number of hydrogen-bond acceptors (Lipinski definition) is 4. The Morgan fingerprint density at radius 1 is 1.42 bits per heavy atom. The van der Waals surface area contributed by atoms with Crippen molar-refractivity contribution in [2.75, 3.05) is 13.7 Å². The van der Waals surface area contributed by atoms with Crippen LogP contribution in [0.15, 0.2) is 18.2 Å². The smallest absolute Gasteiger partial charge is 0.258 e. The highest BCUT2D eigenvalue weighted by molar-refractivity contribution is 5.96. The van der Waals surface area contributed by atoms with Gasteiger partial charge in [-0.2, -0.15) is 0 Å². The van der Waals surface area contributed by atoms with Crippen molar-refractivity contribution >= 4 is 11.8 Å². The number of nitrogens with two attached hydrogens (primary N) is 1. The fourth-order valence-electron chi connectivity index (χ4n) is 1.59. The number of carbonyl (C=O) groups is 2. The standard InChI is InChI=1S/C13H16N2O4/c1-18-9-4-5-10(13(14)17)11(6-9)19-7-12(16)15-8-2-3-8/h4-6,8H,2-3,7H2,1H3,(H2,14,17)(H,15,16). The van der Waals surface area contributed by atoms with Crippen LogP contribution in [0.1, 0.15) is 23.2 Å². The van der Waals surface area contributed by atoms with Crippen molar-refractivity contribution < 1.29 is 19.1 Å². The number of hydrogen-bond donors (Lipinski definition) is 2. The van der Waals surface area contributed by atoms with E-state index in [1.165, 1.54) is 19.2 Å². The predicted molar refractivity (Wildman–Crippen MR) is 68.2 cm³/mol. The van der Waals surface area contributed by atoms with E-state index in [1.807, 2.05) is 0 Å². The Morgan fingerprint density at radius 2 is 2.16 bits per heavy atom. The molecule has 2 rings (SSSR count). The summed E-state index contributed by atoms with van der Waals surface area (Å²) < 4.78 is 10.4. The van der Waals surface area contributed by atoms with Crippen LogP contribution in [0.4, 0.5) is 0 Å². The molecule has 0 bridgehead atoms. The Hall–Kier alpha value is -2.24. The van der Waals surface area contributed by atoms with E-state index in [2.05, 4.69) is 5.32 Å². The van der Waals surface area contributed by atoms with Gasteiger partial charge < -0.3 is 20.5 Å². The third kappa shape index (κ3) is 3.61. The lowest BCUT2D eigenvalue weighted by Crippen LogP contribution is -2.30. The van der Waals surface area contributed by atoms with Crippen LogP contribution in [0.5, 0.6) is 11.5 Å². The molecule has 1 aromatic rings. The van der Waals surface area contributed by atoms with Gasteiger partial charge in [0.15, 0.2) is 6.61 Å². The lowest BCUT2D eigenvalue weighted by molar-refractivity contribution is -0.123. The van der Waals surface area contributed by atoms with E-state index >= 15 is 0 Å². The molecule has 1 aliphatic rings. The molecule has 0 radical (unpaired) electrons. The molecule has 1 saturated carbocycles. The molecule has 0 spiro atoms. The van der Waals surface area contributed by atoms with Gasteiger partial charge in [0, 0.05) is 12.1 Å². The van der Waals surface area contributed by atoms with Crippen LogP contribution in [0, 0.1) is 0 Å². The van der Waals surface area contributed by atoms with E-state index in [1.54, 1.807) is 6.07 Å². The van der Waals surface area contributed by atoms with Crippen LogP contribution in [0.2, 0.25) is 0 Å². The monoisotopic (exact) mass is 264 g/mol. The molecule has 2 amide bonds. The van der Waals surface area contributed by atoms with Crippen LogP contribution >= 0.6 is 0 Å². The highest BCUT2D eigenvalue weighted by Gasteiger charge is 2.23. The van der Waals surface area contributed by atoms with Gasteiger partial charge in [0.2, 0.25) is 0 Å². The number of benzene rings is 1. The minimum Gasteiger partial charge on any atom is -0.497 e. The van der Waals surface area contributed by atoms with Gasteiger partial charge in [-0.15, -0.1) is 0 Å². The Labute approximate surface area is 110 Å². The molecule has 6 nitrogen and oxygen atoms in total. The summed E-state index contributed by atoms with van der Waals surface area (Å²) in [4.78, 5) is 22.8. The van der Waals surface area contributed by atoms with Gasteiger partial charge in [-0.25, -0.2) is 0 Å². The molecule has 0 unspecified atom stereocenters. The molecule has 6 heteroatoms. The van der Waals surface area contributed by atoms with Crippen molar-refractivity contribution in [3.05, 3.63) is 23.8 Å². The third-order valence-electron chi connectivity index (χ3n) is 2.76. The number of methoxy groups -OCH3 is 1. The number of nitrogens with one attached hydrogen (secondary N) is 1. The first-order chi connectivity index (χ1) is 9.10. The molecule has 1 aliphatic carbocycles. The largest absolute Gasteiger partial charge is 0.497 e. The van der Waals surface area contributed by atoms with Gasteiger partial charge in [-0.05, 0) is 25.0 Å². The molecular weight excluding hydrogens is 248 g/mol. The van der Waals surface area contributed by atoms with Gasteiger partial charge in [-0.1, -0.05) is 0 Å². The summed E-state index contributed by atoms with van der Waals surface area (Å²) in [6, 6.07) is 4.92. The molecule has 0 aromatic heterocycles. The second-order valence-corrected chi connectivity index (χ2v) is 4.36. The van der Waals surface area contributed by atoms with Crippen LogP contribution in [-0.4, -0.2) is 31.6 Å². The number of amides is 2. The Kier molecular flexibility index (Phi) is 3.89. The first-order valence-electron chi connectivity index (χ1n) is 6.00. The highest BCUT2D eigenvalue weighted by Crippen LogP contribution is 2.24. The lowest BCUT2D eigenvalue weighted by atomic mass is 10.2. The molecule has 1 aromatic carbocycles. The van der Waals surface area contributed by atoms with Crippen LogP contribution in [0.3, 0.4) is 0 Å². The van der Waals surface area contributed by atoms with Crippen molar-refractivity contribution in [1.82, 2.24) is 5.32 Å².